The van der Waals surface area contributed by atoms with Gasteiger partial charge >= 0.3 is 6.18 Å². The first-order valence-electron chi connectivity index (χ1n) is 11.1. The number of nitrogens with one attached hydrogen (secondary N) is 2. The second-order valence-electron chi connectivity index (χ2n) is 7.80. The molecule has 2 amide bonds. The summed E-state index contributed by atoms with van der Waals surface area (Å²) in [6.45, 7) is -0.348. The average molecular weight is 604 g/mol. The summed E-state index contributed by atoms with van der Waals surface area (Å²) in [6.07, 6.45) is -3.35. The number of carbonyl (C=O) groups is 2. The minimum absolute atomic E-state index is 0.119. The van der Waals surface area contributed by atoms with Crippen molar-refractivity contribution in [3.63, 3.8) is 0 Å². The molecule has 8 nitrogen and oxygen atoms in total. The SMILES string of the molecule is COc1ccc(NC(=O)COc2c(Br)cc(/C=C(\C#N)C(=O)Nc3cccc(C(F)(F)F)c3)cc2OC)cc1. The molecule has 0 atom stereocenters. The summed E-state index contributed by atoms with van der Waals surface area (Å²) in [5, 5.41) is 14.5. The second-order valence-corrected chi connectivity index (χ2v) is 8.66. The maximum Gasteiger partial charge on any atom is 0.416 e. The van der Waals surface area contributed by atoms with E-state index in [0.29, 0.717) is 21.5 Å². The third-order valence-corrected chi connectivity index (χ3v) is 5.69. The van der Waals surface area contributed by atoms with Gasteiger partial charge in [-0.15, -0.1) is 0 Å². The first kappa shape index (κ1) is 29.1. The van der Waals surface area contributed by atoms with Gasteiger partial charge in [-0.05, 0) is 82.2 Å². The molecule has 3 aromatic rings. The predicted molar refractivity (Wildman–Crippen MR) is 141 cm³/mol. The first-order valence-corrected chi connectivity index (χ1v) is 11.9. The van der Waals surface area contributed by atoms with Crippen molar-refractivity contribution in [3.8, 4) is 23.3 Å². The van der Waals surface area contributed by atoms with Gasteiger partial charge in [0.05, 0.1) is 24.3 Å². The van der Waals surface area contributed by atoms with E-state index in [0.717, 1.165) is 18.2 Å². The van der Waals surface area contributed by atoms with Crippen LogP contribution in [0.2, 0.25) is 0 Å². The van der Waals surface area contributed by atoms with Crippen molar-refractivity contribution in [1.29, 1.82) is 5.26 Å². The molecular weight excluding hydrogens is 583 g/mol. The quantitative estimate of drug-likeness (QED) is 0.228. The Morgan fingerprint density at radius 1 is 1.00 bits per heavy atom. The molecule has 0 radical (unpaired) electrons. The smallest absolute Gasteiger partial charge is 0.416 e. The lowest BCUT2D eigenvalue weighted by Gasteiger charge is -2.14. The van der Waals surface area contributed by atoms with Gasteiger partial charge in [-0.2, -0.15) is 18.4 Å². The number of carbonyl (C=O) groups excluding carboxylic acids is 2. The number of anilines is 2. The third-order valence-electron chi connectivity index (χ3n) is 5.10. The molecule has 0 unspecified atom stereocenters. The number of amides is 2. The maximum atomic E-state index is 13.0. The van der Waals surface area contributed by atoms with Crippen molar-refractivity contribution in [2.24, 2.45) is 0 Å². The van der Waals surface area contributed by atoms with Gasteiger partial charge in [-0.25, -0.2) is 0 Å². The number of hydrogen-bond donors (Lipinski definition) is 2. The number of ether oxygens (including phenoxy) is 3. The lowest BCUT2D eigenvalue weighted by molar-refractivity contribution is -0.137. The monoisotopic (exact) mass is 603 g/mol. The molecule has 0 aliphatic carbocycles. The van der Waals surface area contributed by atoms with Crippen LogP contribution in [0.5, 0.6) is 17.2 Å². The normalized spacial score (nSPS) is 11.3. The molecule has 0 bridgehead atoms. The maximum absolute atomic E-state index is 13.0. The molecule has 0 saturated heterocycles. The van der Waals surface area contributed by atoms with Crippen LogP contribution in [-0.2, 0) is 15.8 Å². The fraction of sp³-hybridized carbons (Fsp3) is 0.148. The molecule has 0 aliphatic heterocycles. The van der Waals surface area contributed by atoms with Gasteiger partial charge in [0.2, 0.25) is 0 Å². The molecule has 0 aromatic heterocycles. The minimum Gasteiger partial charge on any atom is -0.497 e. The summed E-state index contributed by atoms with van der Waals surface area (Å²) in [5.41, 5.74) is -0.530. The zero-order valence-corrected chi connectivity index (χ0v) is 22.1. The molecule has 39 heavy (non-hydrogen) atoms. The molecule has 0 saturated carbocycles. The lowest BCUT2D eigenvalue weighted by Crippen LogP contribution is -2.20. The van der Waals surface area contributed by atoms with Crippen LogP contribution in [0.4, 0.5) is 24.5 Å². The van der Waals surface area contributed by atoms with Crippen LogP contribution in [0, 0.1) is 11.3 Å². The van der Waals surface area contributed by atoms with Gasteiger partial charge in [-0.3, -0.25) is 9.59 Å². The molecule has 12 heteroatoms. The Morgan fingerprint density at radius 3 is 2.33 bits per heavy atom. The van der Waals surface area contributed by atoms with Crippen LogP contribution in [0.15, 0.2) is 70.7 Å². The summed E-state index contributed by atoms with van der Waals surface area (Å²) in [7, 11) is 2.90. The van der Waals surface area contributed by atoms with E-state index in [9.17, 15) is 28.0 Å². The Balaban J connectivity index is 1.73. The average Bonchev–Trinajstić information content (AvgIpc) is 2.90. The number of rotatable bonds is 9. The van der Waals surface area contributed by atoms with E-state index in [1.54, 1.807) is 30.3 Å². The molecule has 3 aromatic carbocycles. The van der Waals surface area contributed by atoms with Crippen LogP contribution in [0.3, 0.4) is 0 Å². The van der Waals surface area contributed by atoms with Crippen molar-refractivity contribution in [2.45, 2.75) is 6.18 Å². The topological polar surface area (TPSA) is 110 Å². The van der Waals surface area contributed by atoms with Crippen LogP contribution in [-0.4, -0.2) is 32.6 Å². The standard InChI is InChI=1S/C27H21BrF3N3O5/c1-37-21-8-6-19(7-9-21)33-24(35)15-39-25-22(28)11-16(12-23(25)38-2)10-17(14-32)26(36)34-20-5-3-4-18(13-20)27(29,30)31/h3-13H,15H2,1-2H3,(H,33,35)(H,34,36)/b17-10+. The number of hydrogen-bond acceptors (Lipinski definition) is 6. The summed E-state index contributed by atoms with van der Waals surface area (Å²) in [6, 6.07) is 15.5. The van der Waals surface area contributed by atoms with Gasteiger partial charge in [0.1, 0.15) is 17.4 Å². The Labute approximate surface area is 230 Å². The molecule has 0 heterocycles. The highest BCUT2D eigenvalue weighted by Crippen LogP contribution is 2.37. The molecular formula is C27H21BrF3N3O5. The Morgan fingerprint density at radius 2 is 1.72 bits per heavy atom. The van der Waals surface area contributed by atoms with Crippen molar-refractivity contribution < 1.29 is 37.0 Å². The fourth-order valence-electron chi connectivity index (χ4n) is 3.26. The van der Waals surface area contributed by atoms with E-state index in [-0.39, 0.29) is 29.4 Å². The molecule has 0 fully saturated rings. The van der Waals surface area contributed by atoms with Gasteiger partial charge in [-0.1, -0.05) is 6.07 Å². The summed E-state index contributed by atoms with van der Waals surface area (Å²) >= 11 is 3.33. The molecule has 3 rings (SSSR count). The van der Waals surface area contributed by atoms with Crippen molar-refractivity contribution in [1.82, 2.24) is 0 Å². The highest BCUT2D eigenvalue weighted by Gasteiger charge is 2.30. The van der Waals surface area contributed by atoms with Crippen molar-refractivity contribution >= 4 is 45.2 Å². The summed E-state index contributed by atoms with van der Waals surface area (Å²) in [5.74, 6) is -0.298. The van der Waals surface area contributed by atoms with Crippen molar-refractivity contribution in [2.75, 3.05) is 31.5 Å². The Bertz CT molecular complexity index is 1430. The fourth-order valence-corrected chi connectivity index (χ4v) is 3.83. The van der Waals surface area contributed by atoms with E-state index < -0.39 is 23.6 Å². The Kier molecular flexibility index (Phi) is 9.57. The summed E-state index contributed by atoms with van der Waals surface area (Å²) < 4.78 is 55.3. The van der Waals surface area contributed by atoms with E-state index in [4.69, 9.17) is 14.2 Å². The number of nitrogens with zero attached hydrogens (tertiary/aromatic N) is 1. The number of methoxy groups -OCH3 is 2. The predicted octanol–water partition coefficient (Wildman–Crippen LogP) is 6.05. The number of benzene rings is 3. The lowest BCUT2D eigenvalue weighted by atomic mass is 10.1. The van der Waals surface area contributed by atoms with E-state index in [2.05, 4.69) is 26.6 Å². The van der Waals surface area contributed by atoms with Crippen LogP contribution in [0.25, 0.3) is 6.08 Å². The van der Waals surface area contributed by atoms with Gasteiger partial charge < -0.3 is 24.8 Å². The molecule has 0 spiro atoms. The summed E-state index contributed by atoms with van der Waals surface area (Å²) in [4.78, 5) is 24.9. The first-order chi connectivity index (χ1) is 18.5. The van der Waals surface area contributed by atoms with Gasteiger partial charge in [0, 0.05) is 11.4 Å². The number of alkyl halides is 3. The molecule has 0 aliphatic rings. The minimum atomic E-state index is -4.59. The second kappa shape index (κ2) is 12.8. The molecule has 2 N–H and O–H groups in total. The van der Waals surface area contributed by atoms with Crippen LogP contribution < -0.4 is 24.8 Å². The third kappa shape index (κ3) is 7.99. The van der Waals surface area contributed by atoms with E-state index in [1.807, 2.05) is 0 Å². The number of halogens is 4. The highest BCUT2D eigenvalue weighted by molar-refractivity contribution is 9.10. The van der Waals surface area contributed by atoms with E-state index >= 15 is 0 Å². The van der Waals surface area contributed by atoms with Crippen molar-refractivity contribution in [3.05, 3.63) is 81.8 Å². The van der Waals surface area contributed by atoms with Gasteiger partial charge in [0.15, 0.2) is 18.1 Å². The van der Waals surface area contributed by atoms with Crippen LogP contribution >= 0.6 is 15.9 Å². The van der Waals surface area contributed by atoms with Gasteiger partial charge in [0.25, 0.3) is 11.8 Å². The Hall–Kier alpha value is -4.50. The highest BCUT2D eigenvalue weighted by atomic mass is 79.9. The largest absolute Gasteiger partial charge is 0.497 e. The van der Waals surface area contributed by atoms with E-state index in [1.165, 1.54) is 38.5 Å². The number of nitriles is 1. The molecule has 202 valence electrons. The zero-order valence-electron chi connectivity index (χ0n) is 20.6. The van der Waals surface area contributed by atoms with Crippen LogP contribution in [0.1, 0.15) is 11.1 Å². The zero-order chi connectivity index (χ0) is 28.6.